The van der Waals surface area contributed by atoms with Crippen LogP contribution in [0.15, 0.2) is 59.5 Å². The van der Waals surface area contributed by atoms with E-state index in [-0.39, 0.29) is 21.7 Å². The zero-order valence-corrected chi connectivity index (χ0v) is 21.1. The van der Waals surface area contributed by atoms with Crippen LogP contribution in [0.25, 0.3) is 5.69 Å². The van der Waals surface area contributed by atoms with E-state index in [1.165, 1.54) is 28.6 Å². The first-order valence-electron chi connectivity index (χ1n) is 11.4. The first-order valence-corrected chi connectivity index (χ1v) is 12.9. The van der Waals surface area contributed by atoms with E-state index < -0.39 is 15.9 Å². The third-order valence-corrected chi connectivity index (χ3v) is 7.88. The molecule has 10 heteroatoms. The molecular formula is C25H30FN5O3S. The second-order valence-corrected chi connectivity index (χ2v) is 11.7. The second kappa shape index (κ2) is 9.52. The van der Waals surface area contributed by atoms with E-state index in [1.54, 1.807) is 35.0 Å². The number of carbonyl (C=O) groups is 1. The number of hydrogen-bond acceptors (Lipinski definition) is 5. The maximum absolute atomic E-state index is 13.5. The van der Waals surface area contributed by atoms with Gasteiger partial charge in [-0.2, -0.15) is 9.40 Å². The van der Waals surface area contributed by atoms with Gasteiger partial charge < -0.3 is 10.2 Å². The first kappa shape index (κ1) is 25.0. The van der Waals surface area contributed by atoms with Crippen LogP contribution in [0.2, 0.25) is 0 Å². The van der Waals surface area contributed by atoms with E-state index >= 15 is 0 Å². The lowest BCUT2D eigenvalue weighted by Crippen LogP contribution is -2.47. The summed E-state index contributed by atoms with van der Waals surface area (Å²) in [6, 6.07) is 13.6. The zero-order chi connectivity index (χ0) is 25.4. The Labute approximate surface area is 205 Å². The summed E-state index contributed by atoms with van der Waals surface area (Å²) in [4.78, 5) is 15.3. The average molecular weight is 500 g/mol. The number of halogens is 1. The molecule has 0 saturated carbocycles. The molecule has 0 atom stereocenters. The number of amides is 1. The number of nitrogens with one attached hydrogen (secondary N) is 1. The number of rotatable bonds is 5. The molecule has 1 N–H and O–H groups in total. The van der Waals surface area contributed by atoms with E-state index in [0.717, 1.165) is 5.69 Å². The maximum Gasteiger partial charge on any atom is 0.256 e. The minimum Gasteiger partial charge on any atom is -0.306 e. The molecule has 1 saturated heterocycles. The molecule has 0 spiro atoms. The van der Waals surface area contributed by atoms with Gasteiger partial charge in [0.1, 0.15) is 11.6 Å². The van der Waals surface area contributed by atoms with Crippen molar-refractivity contribution in [2.24, 2.45) is 0 Å². The lowest BCUT2D eigenvalue weighted by Gasteiger charge is -2.31. The fourth-order valence-corrected chi connectivity index (χ4v) is 5.25. The first-order chi connectivity index (χ1) is 16.4. The minimum absolute atomic E-state index is 0.0807. The van der Waals surface area contributed by atoms with Crippen LogP contribution >= 0.6 is 0 Å². The number of benzene rings is 2. The van der Waals surface area contributed by atoms with Crippen LogP contribution in [-0.2, 0) is 15.4 Å². The zero-order valence-electron chi connectivity index (χ0n) is 20.3. The number of likely N-dealkylation sites (N-methyl/N-ethyl adjacent to an activating group) is 1. The molecule has 35 heavy (non-hydrogen) atoms. The molecule has 186 valence electrons. The normalized spacial score (nSPS) is 15.8. The highest BCUT2D eigenvalue weighted by Crippen LogP contribution is 2.27. The Morgan fingerprint density at radius 2 is 1.66 bits per heavy atom. The highest BCUT2D eigenvalue weighted by atomic mass is 32.2. The Morgan fingerprint density at radius 3 is 2.29 bits per heavy atom. The Hall–Kier alpha value is -3.08. The van der Waals surface area contributed by atoms with Gasteiger partial charge >= 0.3 is 0 Å². The van der Waals surface area contributed by atoms with Crippen LogP contribution in [0.5, 0.6) is 0 Å². The van der Waals surface area contributed by atoms with Crippen molar-refractivity contribution < 1.29 is 17.6 Å². The summed E-state index contributed by atoms with van der Waals surface area (Å²) in [5.74, 6) is -0.441. The fraction of sp³-hybridized carbons (Fsp3) is 0.360. The van der Waals surface area contributed by atoms with E-state index in [9.17, 15) is 17.6 Å². The number of aromatic nitrogens is 2. The van der Waals surface area contributed by atoms with Gasteiger partial charge in [0, 0.05) is 43.2 Å². The van der Waals surface area contributed by atoms with Crippen molar-refractivity contribution in [1.29, 1.82) is 0 Å². The molecule has 1 amide bonds. The molecule has 4 rings (SSSR count). The highest BCUT2D eigenvalue weighted by Gasteiger charge is 2.28. The van der Waals surface area contributed by atoms with Crippen molar-refractivity contribution in [3.63, 3.8) is 0 Å². The fourth-order valence-electron chi connectivity index (χ4n) is 3.78. The lowest BCUT2D eigenvalue weighted by atomic mass is 9.92. The van der Waals surface area contributed by atoms with E-state index in [4.69, 9.17) is 0 Å². The van der Waals surface area contributed by atoms with Crippen molar-refractivity contribution in [3.8, 4) is 5.69 Å². The topological polar surface area (TPSA) is 87.5 Å². The van der Waals surface area contributed by atoms with Crippen LogP contribution in [-0.4, -0.2) is 66.5 Å². The van der Waals surface area contributed by atoms with Crippen LogP contribution in [0.4, 0.5) is 10.2 Å². The third kappa shape index (κ3) is 5.44. The van der Waals surface area contributed by atoms with Gasteiger partial charge in [0.15, 0.2) is 0 Å². The van der Waals surface area contributed by atoms with Gasteiger partial charge in [0.2, 0.25) is 10.0 Å². The van der Waals surface area contributed by atoms with Crippen LogP contribution < -0.4 is 5.32 Å². The van der Waals surface area contributed by atoms with Gasteiger partial charge in [-0.25, -0.2) is 17.5 Å². The molecular weight excluding hydrogens is 469 g/mol. The number of hydrogen-bond donors (Lipinski definition) is 1. The molecule has 1 aliphatic rings. The second-order valence-electron chi connectivity index (χ2n) is 9.74. The molecule has 0 aliphatic carbocycles. The number of sulfonamides is 1. The van der Waals surface area contributed by atoms with Crippen molar-refractivity contribution in [1.82, 2.24) is 19.0 Å². The predicted octanol–water partition coefficient (Wildman–Crippen LogP) is 3.50. The summed E-state index contributed by atoms with van der Waals surface area (Å²) in [6.07, 6.45) is 0. The van der Waals surface area contributed by atoms with Gasteiger partial charge in [0.25, 0.3) is 5.91 Å². The molecule has 0 bridgehead atoms. The van der Waals surface area contributed by atoms with Crippen molar-refractivity contribution in [3.05, 3.63) is 71.7 Å². The largest absolute Gasteiger partial charge is 0.306 e. The number of nitrogens with zero attached hydrogens (tertiary/aromatic N) is 4. The molecule has 2 heterocycles. The molecule has 2 aromatic carbocycles. The van der Waals surface area contributed by atoms with Gasteiger partial charge in [-0.3, -0.25) is 4.79 Å². The molecule has 3 aromatic rings. The van der Waals surface area contributed by atoms with Gasteiger partial charge in [-0.1, -0.05) is 26.8 Å². The smallest absolute Gasteiger partial charge is 0.256 e. The van der Waals surface area contributed by atoms with E-state index in [2.05, 4.69) is 15.3 Å². The minimum atomic E-state index is -3.71. The standard InChI is InChI=1S/C25H30FN5O3S/c1-25(2,3)22-17-23(31(28-22)20-10-8-19(26)9-11-20)27-24(32)18-6-5-7-21(16-18)35(33,34)30-14-12-29(4)13-15-30/h5-11,16-17H,12-15H2,1-4H3,(H,27,32). The Kier molecular flexibility index (Phi) is 6.81. The van der Waals surface area contributed by atoms with Crippen molar-refractivity contribution in [2.75, 3.05) is 38.5 Å². The number of carbonyl (C=O) groups excluding carboxylic acids is 1. The molecule has 0 unspecified atom stereocenters. The Bertz CT molecular complexity index is 1320. The predicted molar refractivity (Wildman–Crippen MR) is 133 cm³/mol. The Balaban J connectivity index is 1.63. The van der Waals surface area contributed by atoms with Gasteiger partial charge in [-0.15, -0.1) is 0 Å². The summed E-state index contributed by atoms with van der Waals surface area (Å²) < 4.78 is 42.7. The number of piperazine rings is 1. The molecule has 1 fully saturated rings. The highest BCUT2D eigenvalue weighted by molar-refractivity contribution is 7.89. The maximum atomic E-state index is 13.5. The summed E-state index contributed by atoms with van der Waals surface area (Å²) in [5, 5.41) is 7.47. The summed E-state index contributed by atoms with van der Waals surface area (Å²) in [7, 11) is -1.76. The van der Waals surface area contributed by atoms with E-state index in [0.29, 0.717) is 37.7 Å². The van der Waals surface area contributed by atoms with Crippen LogP contribution in [0.3, 0.4) is 0 Å². The summed E-state index contributed by atoms with van der Waals surface area (Å²) >= 11 is 0. The molecule has 1 aliphatic heterocycles. The van der Waals surface area contributed by atoms with Crippen LogP contribution in [0.1, 0.15) is 36.8 Å². The average Bonchev–Trinajstić information content (AvgIpc) is 3.24. The molecule has 8 nitrogen and oxygen atoms in total. The quantitative estimate of drug-likeness (QED) is 0.581. The number of anilines is 1. The lowest BCUT2D eigenvalue weighted by molar-refractivity contribution is 0.102. The molecule has 0 radical (unpaired) electrons. The summed E-state index contributed by atoms with van der Waals surface area (Å²) in [5.41, 5.74) is 1.25. The van der Waals surface area contributed by atoms with Gasteiger partial charge in [0.05, 0.1) is 16.3 Å². The Morgan fingerprint density at radius 1 is 1.00 bits per heavy atom. The van der Waals surface area contributed by atoms with Gasteiger partial charge in [-0.05, 0) is 49.5 Å². The van der Waals surface area contributed by atoms with E-state index in [1.807, 2.05) is 27.8 Å². The SMILES string of the molecule is CN1CCN(S(=O)(=O)c2cccc(C(=O)Nc3cc(C(C)(C)C)nn3-c3ccc(F)cc3)c2)CC1. The molecule has 1 aromatic heterocycles. The van der Waals surface area contributed by atoms with Crippen molar-refractivity contribution in [2.45, 2.75) is 31.1 Å². The summed E-state index contributed by atoms with van der Waals surface area (Å²) in [6.45, 7) is 8.13. The van der Waals surface area contributed by atoms with Crippen molar-refractivity contribution >= 4 is 21.7 Å². The third-order valence-electron chi connectivity index (χ3n) is 5.99. The van der Waals surface area contributed by atoms with Crippen LogP contribution in [0, 0.1) is 5.82 Å². The monoisotopic (exact) mass is 499 g/mol.